The van der Waals surface area contributed by atoms with E-state index in [0.717, 1.165) is 55.7 Å². The number of benzene rings is 2. The molecule has 0 aliphatic carbocycles. The van der Waals surface area contributed by atoms with E-state index in [0.29, 0.717) is 16.0 Å². The Hall–Kier alpha value is -1.81. The molecule has 1 aliphatic heterocycles. The minimum absolute atomic E-state index is 0.281. The number of halogens is 3. The molecule has 4 rings (SSSR count). The van der Waals surface area contributed by atoms with Crippen molar-refractivity contribution in [1.82, 2.24) is 19.7 Å². The van der Waals surface area contributed by atoms with Gasteiger partial charge in [0.05, 0.1) is 17.7 Å². The van der Waals surface area contributed by atoms with Crippen LogP contribution in [0.15, 0.2) is 52.1 Å². The normalized spacial score (nSPS) is 14.9. The first-order valence-electron chi connectivity index (χ1n) is 9.66. The van der Waals surface area contributed by atoms with Gasteiger partial charge in [0.1, 0.15) is 11.6 Å². The van der Waals surface area contributed by atoms with Gasteiger partial charge in [-0.25, -0.2) is 8.78 Å². The molecular formula is C21H21BrF2N4OS. The fourth-order valence-electron chi connectivity index (χ4n) is 3.25. The fourth-order valence-corrected chi connectivity index (χ4v) is 4.59. The molecule has 0 radical (unpaired) electrons. The molecule has 2 aromatic carbocycles. The van der Waals surface area contributed by atoms with Crippen molar-refractivity contribution >= 4 is 27.7 Å². The van der Waals surface area contributed by atoms with E-state index in [9.17, 15) is 8.78 Å². The van der Waals surface area contributed by atoms with Gasteiger partial charge in [0.2, 0.25) is 0 Å². The number of hydrogen-bond donors (Lipinski definition) is 0. The minimum atomic E-state index is -0.283. The van der Waals surface area contributed by atoms with Crippen LogP contribution >= 0.6 is 27.7 Å². The molecule has 0 amide bonds. The topological polar surface area (TPSA) is 43.2 Å². The van der Waals surface area contributed by atoms with E-state index in [1.807, 2.05) is 0 Å². The summed E-state index contributed by atoms with van der Waals surface area (Å²) >= 11 is 4.78. The van der Waals surface area contributed by atoms with Gasteiger partial charge in [-0.3, -0.25) is 4.90 Å². The Bertz CT molecular complexity index is 993. The lowest BCUT2D eigenvalue weighted by Crippen LogP contribution is -2.38. The Morgan fingerprint density at radius 3 is 2.50 bits per heavy atom. The molecule has 30 heavy (non-hydrogen) atoms. The molecule has 0 N–H and O–H groups in total. The fraction of sp³-hybridized carbons (Fsp3) is 0.333. The van der Waals surface area contributed by atoms with E-state index in [4.69, 9.17) is 4.74 Å². The number of thioether (sulfide) groups is 1. The van der Waals surface area contributed by atoms with Crippen LogP contribution in [0.1, 0.15) is 5.56 Å². The van der Waals surface area contributed by atoms with Gasteiger partial charge in [-0.15, -0.1) is 10.2 Å². The highest BCUT2D eigenvalue weighted by Crippen LogP contribution is 2.28. The van der Waals surface area contributed by atoms with Crippen molar-refractivity contribution in [3.05, 3.63) is 64.1 Å². The predicted octanol–water partition coefficient (Wildman–Crippen LogP) is 4.61. The first kappa shape index (κ1) is 21.4. The van der Waals surface area contributed by atoms with E-state index in [-0.39, 0.29) is 11.6 Å². The summed E-state index contributed by atoms with van der Waals surface area (Å²) in [7, 11) is 0. The monoisotopic (exact) mass is 494 g/mol. The second kappa shape index (κ2) is 10.00. The molecular weight excluding hydrogens is 474 g/mol. The highest BCUT2D eigenvalue weighted by Gasteiger charge is 2.17. The second-order valence-corrected chi connectivity index (χ2v) is 8.75. The summed E-state index contributed by atoms with van der Waals surface area (Å²) in [6, 6.07) is 11.3. The van der Waals surface area contributed by atoms with E-state index >= 15 is 0 Å². The van der Waals surface area contributed by atoms with Crippen LogP contribution in [0.25, 0.3) is 11.4 Å². The zero-order valence-corrected chi connectivity index (χ0v) is 18.6. The maximum absolute atomic E-state index is 13.5. The number of rotatable bonds is 7. The average Bonchev–Trinajstić information content (AvgIpc) is 3.17. The van der Waals surface area contributed by atoms with Crippen LogP contribution in [0, 0.1) is 11.6 Å². The van der Waals surface area contributed by atoms with Crippen molar-refractivity contribution in [2.45, 2.75) is 17.5 Å². The Morgan fingerprint density at radius 1 is 1.00 bits per heavy atom. The van der Waals surface area contributed by atoms with Gasteiger partial charge in [-0.05, 0) is 57.9 Å². The van der Waals surface area contributed by atoms with Crippen molar-refractivity contribution in [3.63, 3.8) is 0 Å². The molecule has 0 unspecified atom stereocenters. The minimum Gasteiger partial charge on any atom is -0.379 e. The molecule has 158 valence electrons. The molecule has 3 aromatic rings. The van der Waals surface area contributed by atoms with Crippen molar-refractivity contribution in [3.8, 4) is 11.4 Å². The van der Waals surface area contributed by atoms with Crippen LogP contribution < -0.4 is 0 Å². The molecule has 5 nitrogen and oxygen atoms in total. The summed E-state index contributed by atoms with van der Waals surface area (Å²) in [6.07, 6.45) is 0. The largest absolute Gasteiger partial charge is 0.379 e. The Kier molecular flexibility index (Phi) is 7.14. The van der Waals surface area contributed by atoms with Crippen molar-refractivity contribution < 1.29 is 13.5 Å². The van der Waals surface area contributed by atoms with Crippen LogP contribution in [0.4, 0.5) is 8.78 Å². The Morgan fingerprint density at radius 2 is 1.77 bits per heavy atom. The molecule has 9 heteroatoms. The summed E-state index contributed by atoms with van der Waals surface area (Å²) in [5.74, 6) is 0.787. The third-order valence-corrected chi connectivity index (χ3v) is 6.56. The second-order valence-electron chi connectivity index (χ2n) is 6.96. The molecule has 0 saturated carbocycles. The first-order chi connectivity index (χ1) is 14.6. The van der Waals surface area contributed by atoms with Crippen molar-refractivity contribution in [2.75, 3.05) is 32.8 Å². The van der Waals surface area contributed by atoms with Gasteiger partial charge < -0.3 is 9.30 Å². The summed E-state index contributed by atoms with van der Waals surface area (Å²) in [5.41, 5.74) is 1.81. The van der Waals surface area contributed by atoms with E-state index < -0.39 is 0 Å². The number of ether oxygens (including phenoxy) is 1. The standard InChI is InChI=1S/C21H21BrF2N4OS/c22-18-13-15(1-6-19(18)24)14-30-21-26-25-20(16-2-4-17(23)5-3-16)28(21)8-7-27-9-11-29-12-10-27/h1-6,13H,7-12,14H2. The van der Waals surface area contributed by atoms with Crippen LogP contribution in [-0.2, 0) is 17.0 Å². The summed E-state index contributed by atoms with van der Waals surface area (Å²) in [4.78, 5) is 2.35. The molecule has 1 aliphatic rings. The van der Waals surface area contributed by atoms with E-state index in [1.54, 1.807) is 36.0 Å². The SMILES string of the molecule is Fc1ccc(-c2nnc(SCc3ccc(F)c(Br)c3)n2CCN2CCOCC2)cc1. The quantitative estimate of drug-likeness (QED) is 0.448. The highest BCUT2D eigenvalue weighted by molar-refractivity contribution is 9.10. The molecule has 0 bridgehead atoms. The number of aromatic nitrogens is 3. The Balaban J connectivity index is 1.54. The average molecular weight is 495 g/mol. The molecule has 0 spiro atoms. The lowest BCUT2D eigenvalue weighted by molar-refractivity contribution is 0.0361. The van der Waals surface area contributed by atoms with Gasteiger partial charge in [0.15, 0.2) is 11.0 Å². The third-order valence-electron chi connectivity index (χ3n) is 4.91. The lowest BCUT2D eigenvalue weighted by atomic mass is 10.2. The highest BCUT2D eigenvalue weighted by atomic mass is 79.9. The van der Waals surface area contributed by atoms with Gasteiger partial charge in [0.25, 0.3) is 0 Å². The Labute approximate surface area is 186 Å². The van der Waals surface area contributed by atoms with Gasteiger partial charge in [-0.1, -0.05) is 17.8 Å². The third kappa shape index (κ3) is 5.26. The zero-order chi connectivity index (χ0) is 20.9. The van der Waals surface area contributed by atoms with E-state index in [2.05, 4.69) is 35.6 Å². The molecule has 1 saturated heterocycles. The summed E-state index contributed by atoms with van der Waals surface area (Å²) < 4.78 is 34.8. The number of nitrogens with zero attached hydrogens (tertiary/aromatic N) is 4. The molecule has 2 heterocycles. The molecule has 0 atom stereocenters. The zero-order valence-electron chi connectivity index (χ0n) is 16.2. The van der Waals surface area contributed by atoms with Gasteiger partial charge in [0, 0.05) is 37.5 Å². The van der Waals surface area contributed by atoms with Crippen LogP contribution in [0.5, 0.6) is 0 Å². The number of hydrogen-bond acceptors (Lipinski definition) is 5. The maximum atomic E-state index is 13.5. The smallest absolute Gasteiger partial charge is 0.191 e. The van der Waals surface area contributed by atoms with Crippen molar-refractivity contribution in [2.24, 2.45) is 0 Å². The summed E-state index contributed by atoms with van der Waals surface area (Å²) in [5, 5.41) is 9.55. The van der Waals surface area contributed by atoms with Gasteiger partial charge >= 0.3 is 0 Å². The predicted molar refractivity (Wildman–Crippen MR) is 116 cm³/mol. The molecule has 1 fully saturated rings. The molecule has 1 aromatic heterocycles. The van der Waals surface area contributed by atoms with Crippen LogP contribution in [0.3, 0.4) is 0 Å². The lowest BCUT2D eigenvalue weighted by Gasteiger charge is -2.27. The van der Waals surface area contributed by atoms with E-state index in [1.165, 1.54) is 18.2 Å². The first-order valence-corrected chi connectivity index (χ1v) is 11.4. The van der Waals surface area contributed by atoms with Crippen molar-refractivity contribution in [1.29, 1.82) is 0 Å². The van der Waals surface area contributed by atoms with Crippen LogP contribution in [-0.4, -0.2) is 52.5 Å². The summed E-state index contributed by atoms with van der Waals surface area (Å²) in [6.45, 7) is 4.86. The number of morpholine rings is 1. The maximum Gasteiger partial charge on any atom is 0.191 e. The van der Waals surface area contributed by atoms with Crippen LogP contribution in [0.2, 0.25) is 0 Å². The van der Waals surface area contributed by atoms with Gasteiger partial charge in [-0.2, -0.15) is 0 Å².